The Bertz CT molecular complexity index is 1320. The third-order valence-electron chi connectivity index (χ3n) is 7.28. The molecular formula is C28H32N6O. The number of hydrogen-bond acceptors (Lipinski definition) is 6. The quantitative estimate of drug-likeness (QED) is 0.437. The molecule has 0 amide bonds. The SMILES string of the molecule is COc1ccc(N2CCN(c3c4c(nc5nc(Cc6ccc(C)cc6)nn35)CCCC4)CC2)cc1. The van der Waals surface area contributed by atoms with E-state index in [1.54, 1.807) is 7.11 Å². The minimum Gasteiger partial charge on any atom is -0.497 e. The first-order chi connectivity index (χ1) is 17.2. The van der Waals surface area contributed by atoms with E-state index in [9.17, 15) is 0 Å². The lowest BCUT2D eigenvalue weighted by Gasteiger charge is -2.38. The van der Waals surface area contributed by atoms with Crippen LogP contribution in [0.3, 0.4) is 0 Å². The number of fused-ring (bicyclic) bond motifs is 2. The molecule has 0 spiro atoms. The summed E-state index contributed by atoms with van der Waals surface area (Å²) in [5, 5.41) is 4.98. The van der Waals surface area contributed by atoms with Crippen molar-refractivity contribution in [3.63, 3.8) is 0 Å². The first-order valence-electron chi connectivity index (χ1n) is 12.6. The highest BCUT2D eigenvalue weighted by molar-refractivity contribution is 5.58. The van der Waals surface area contributed by atoms with E-state index in [1.807, 2.05) is 16.6 Å². The summed E-state index contributed by atoms with van der Waals surface area (Å²) in [7, 11) is 1.71. The van der Waals surface area contributed by atoms with Gasteiger partial charge in [0.2, 0.25) is 0 Å². The molecule has 4 aromatic rings. The van der Waals surface area contributed by atoms with Gasteiger partial charge in [0, 0.05) is 43.9 Å². The maximum atomic E-state index is 5.32. The molecule has 0 bridgehead atoms. The molecule has 0 saturated carbocycles. The molecule has 0 N–H and O–H groups in total. The summed E-state index contributed by atoms with van der Waals surface area (Å²) >= 11 is 0. The summed E-state index contributed by atoms with van der Waals surface area (Å²) in [5.41, 5.74) is 6.32. The Balaban J connectivity index is 1.30. The molecule has 7 nitrogen and oxygen atoms in total. The molecule has 0 atom stereocenters. The van der Waals surface area contributed by atoms with Crippen molar-refractivity contribution in [3.8, 4) is 5.75 Å². The number of ether oxygens (including phenoxy) is 1. The summed E-state index contributed by atoms with van der Waals surface area (Å²) in [6.45, 7) is 5.95. The zero-order chi connectivity index (χ0) is 23.8. The molecule has 1 saturated heterocycles. The van der Waals surface area contributed by atoms with Crippen molar-refractivity contribution in [2.45, 2.75) is 39.0 Å². The van der Waals surface area contributed by atoms with Crippen LogP contribution in [0, 0.1) is 6.92 Å². The Labute approximate surface area is 206 Å². The summed E-state index contributed by atoms with van der Waals surface area (Å²) < 4.78 is 7.35. The Morgan fingerprint density at radius 3 is 2.29 bits per heavy atom. The maximum Gasteiger partial charge on any atom is 0.254 e. The fourth-order valence-corrected chi connectivity index (χ4v) is 5.32. The van der Waals surface area contributed by atoms with Gasteiger partial charge in [0.05, 0.1) is 12.8 Å². The fourth-order valence-electron chi connectivity index (χ4n) is 5.32. The van der Waals surface area contributed by atoms with Gasteiger partial charge in [0.15, 0.2) is 5.82 Å². The van der Waals surface area contributed by atoms with Gasteiger partial charge in [-0.05, 0) is 62.4 Å². The van der Waals surface area contributed by atoms with Crippen LogP contribution in [0.25, 0.3) is 5.78 Å². The van der Waals surface area contributed by atoms with Crippen LogP contribution in [0.2, 0.25) is 0 Å². The molecule has 0 radical (unpaired) electrons. The van der Waals surface area contributed by atoms with Gasteiger partial charge in [0.25, 0.3) is 5.78 Å². The van der Waals surface area contributed by atoms with Gasteiger partial charge in [-0.15, -0.1) is 5.10 Å². The lowest BCUT2D eigenvalue weighted by atomic mass is 9.96. The van der Waals surface area contributed by atoms with Gasteiger partial charge in [0.1, 0.15) is 11.6 Å². The van der Waals surface area contributed by atoms with Crippen LogP contribution >= 0.6 is 0 Å². The third kappa shape index (κ3) is 4.31. The molecule has 0 unspecified atom stereocenters. The number of rotatable bonds is 5. The molecule has 2 aromatic carbocycles. The largest absolute Gasteiger partial charge is 0.497 e. The van der Waals surface area contributed by atoms with Crippen LogP contribution in [0.4, 0.5) is 11.5 Å². The van der Waals surface area contributed by atoms with Gasteiger partial charge in [-0.3, -0.25) is 0 Å². The summed E-state index contributed by atoms with van der Waals surface area (Å²) in [6.07, 6.45) is 5.23. The topological polar surface area (TPSA) is 58.8 Å². The van der Waals surface area contributed by atoms with Crippen molar-refractivity contribution < 1.29 is 4.74 Å². The van der Waals surface area contributed by atoms with Gasteiger partial charge < -0.3 is 14.5 Å². The molecular weight excluding hydrogens is 436 g/mol. The molecule has 1 fully saturated rings. The second kappa shape index (κ2) is 9.21. The second-order valence-electron chi connectivity index (χ2n) is 9.64. The number of anilines is 2. The van der Waals surface area contributed by atoms with E-state index in [1.165, 1.54) is 46.7 Å². The number of aromatic nitrogens is 4. The fraction of sp³-hybridized carbons (Fsp3) is 0.393. The third-order valence-corrected chi connectivity index (χ3v) is 7.28. The van der Waals surface area contributed by atoms with Crippen LogP contribution in [0.1, 0.15) is 41.1 Å². The van der Waals surface area contributed by atoms with Gasteiger partial charge in [-0.1, -0.05) is 29.8 Å². The van der Waals surface area contributed by atoms with E-state index in [2.05, 4.69) is 53.1 Å². The number of nitrogens with zero attached hydrogens (tertiary/aromatic N) is 6. The Morgan fingerprint density at radius 2 is 1.54 bits per heavy atom. The molecule has 1 aliphatic heterocycles. The monoisotopic (exact) mass is 468 g/mol. The highest BCUT2D eigenvalue weighted by Gasteiger charge is 2.27. The lowest BCUT2D eigenvalue weighted by molar-refractivity contribution is 0.415. The van der Waals surface area contributed by atoms with Crippen molar-refractivity contribution in [1.82, 2.24) is 19.6 Å². The Hall–Kier alpha value is -3.61. The number of methoxy groups -OCH3 is 1. The van der Waals surface area contributed by atoms with Crippen molar-refractivity contribution in [1.29, 1.82) is 0 Å². The van der Waals surface area contributed by atoms with Crippen molar-refractivity contribution in [2.75, 3.05) is 43.1 Å². The van der Waals surface area contributed by atoms with Crippen LogP contribution < -0.4 is 14.5 Å². The Morgan fingerprint density at radius 1 is 0.829 bits per heavy atom. The molecule has 180 valence electrons. The lowest BCUT2D eigenvalue weighted by Crippen LogP contribution is -2.47. The molecule has 2 aliphatic rings. The first kappa shape index (κ1) is 21.9. The van der Waals surface area contributed by atoms with Gasteiger partial charge >= 0.3 is 0 Å². The van der Waals surface area contributed by atoms with E-state index >= 15 is 0 Å². The smallest absolute Gasteiger partial charge is 0.254 e. The summed E-state index contributed by atoms with van der Waals surface area (Å²) in [4.78, 5) is 14.8. The van der Waals surface area contributed by atoms with Crippen LogP contribution in [0.15, 0.2) is 48.5 Å². The summed E-state index contributed by atoms with van der Waals surface area (Å²) in [6, 6.07) is 17.0. The minimum atomic E-state index is 0.721. The minimum absolute atomic E-state index is 0.721. The van der Waals surface area contributed by atoms with E-state index in [4.69, 9.17) is 19.8 Å². The second-order valence-corrected chi connectivity index (χ2v) is 9.64. The molecule has 7 heteroatoms. The van der Waals surface area contributed by atoms with Crippen LogP contribution in [0.5, 0.6) is 5.75 Å². The van der Waals surface area contributed by atoms with Crippen molar-refractivity contribution >= 4 is 17.3 Å². The molecule has 3 heterocycles. The van der Waals surface area contributed by atoms with Gasteiger partial charge in [-0.2, -0.15) is 9.50 Å². The van der Waals surface area contributed by atoms with Crippen LogP contribution in [-0.4, -0.2) is 52.9 Å². The zero-order valence-electron chi connectivity index (χ0n) is 20.6. The van der Waals surface area contributed by atoms with E-state index < -0.39 is 0 Å². The maximum absolute atomic E-state index is 5.32. The summed E-state index contributed by atoms with van der Waals surface area (Å²) in [5.74, 6) is 3.68. The highest BCUT2D eigenvalue weighted by atomic mass is 16.5. The number of aryl methyl sites for hydroxylation is 2. The molecule has 2 aromatic heterocycles. The van der Waals surface area contributed by atoms with E-state index in [0.717, 1.165) is 62.8 Å². The van der Waals surface area contributed by atoms with Crippen molar-refractivity contribution in [2.24, 2.45) is 0 Å². The standard InChI is InChI=1S/C28H32N6O/c1-20-7-9-21(10-8-20)19-26-30-28-29-25-6-4-3-5-24(25)27(34(28)31-26)33-17-15-32(16-18-33)22-11-13-23(35-2)14-12-22/h7-14H,3-6,15-19H2,1-2H3. The Kier molecular flexibility index (Phi) is 5.76. The normalized spacial score (nSPS) is 15.9. The highest BCUT2D eigenvalue weighted by Crippen LogP contribution is 2.31. The molecule has 35 heavy (non-hydrogen) atoms. The van der Waals surface area contributed by atoms with Gasteiger partial charge in [-0.25, -0.2) is 4.98 Å². The molecule has 1 aliphatic carbocycles. The van der Waals surface area contributed by atoms with E-state index in [-0.39, 0.29) is 0 Å². The first-order valence-corrected chi connectivity index (χ1v) is 12.6. The zero-order valence-corrected chi connectivity index (χ0v) is 20.6. The average molecular weight is 469 g/mol. The van der Waals surface area contributed by atoms with Crippen molar-refractivity contribution in [3.05, 3.63) is 76.7 Å². The predicted molar refractivity (Wildman–Crippen MR) is 139 cm³/mol. The van der Waals surface area contributed by atoms with Crippen LogP contribution in [-0.2, 0) is 19.3 Å². The predicted octanol–water partition coefficient (Wildman–Crippen LogP) is 4.24. The average Bonchev–Trinajstić information content (AvgIpc) is 3.30. The molecule has 6 rings (SSSR count). The van der Waals surface area contributed by atoms with E-state index in [0.29, 0.717) is 0 Å². The number of hydrogen-bond donors (Lipinski definition) is 0. The number of benzene rings is 2. The number of piperazine rings is 1.